The Labute approximate surface area is 125 Å². The Kier molecular flexibility index (Phi) is 2.71. The lowest BCUT2D eigenvalue weighted by molar-refractivity contribution is -0.400. The van der Waals surface area contributed by atoms with E-state index in [1.165, 1.54) is 33.9 Å². The van der Waals surface area contributed by atoms with E-state index in [2.05, 4.69) is 78.2 Å². The number of allylic oxidation sites excluding steroid dienone is 2. The van der Waals surface area contributed by atoms with Crippen molar-refractivity contribution in [2.45, 2.75) is 12.8 Å². The van der Waals surface area contributed by atoms with Gasteiger partial charge in [0.2, 0.25) is 5.69 Å². The van der Waals surface area contributed by atoms with Crippen LogP contribution >= 0.6 is 0 Å². The third-order valence-electron chi connectivity index (χ3n) is 4.64. The van der Waals surface area contributed by atoms with E-state index in [0.29, 0.717) is 0 Å². The normalized spacial score (nSPS) is 18.4. The standard InChI is InChI=1S/C19H19N2/c1-20-16(11-14-7-3-5-9-18(14)20)13-17-12-15-8-4-6-10-19(15)21(17)2/h3-10,13H,11-12H2,1-2H3/q+1. The van der Waals surface area contributed by atoms with Crippen LogP contribution in [-0.4, -0.2) is 24.4 Å². The zero-order valence-corrected chi connectivity index (χ0v) is 12.5. The third kappa shape index (κ3) is 1.90. The summed E-state index contributed by atoms with van der Waals surface area (Å²) in [6.45, 7) is 0. The Morgan fingerprint density at radius 2 is 1.67 bits per heavy atom. The second kappa shape index (κ2) is 4.59. The fourth-order valence-corrected chi connectivity index (χ4v) is 3.40. The Hall–Kier alpha value is -2.35. The lowest BCUT2D eigenvalue weighted by Crippen LogP contribution is -2.15. The lowest BCUT2D eigenvalue weighted by Gasteiger charge is -2.14. The highest BCUT2D eigenvalue weighted by Gasteiger charge is 2.27. The number of benzene rings is 2. The molecular weight excluding hydrogens is 256 g/mol. The molecule has 0 N–H and O–H groups in total. The van der Waals surface area contributed by atoms with Gasteiger partial charge in [-0.2, -0.15) is 4.58 Å². The van der Waals surface area contributed by atoms with Gasteiger partial charge in [-0.05, 0) is 11.6 Å². The maximum absolute atomic E-state index is 2.36. The van der Waals surface area contributed by atoms with Gasteiger partial charge in [0.25, 0.3) is 0 Å². The van der Waals surface area contributed by atoms with Crippen LogP contribution in [0.3, 0.4) is 0 Å². The SMILES string of the molecule is CN1C(=CC2=[N+](C)c3ccccc3C2)Cc2ccccc21. The molecular formula is C19H19N2+. The quantitative estimate of drug-likeness (QED) is 0.722. The molecule has 0 saturated carbocycles. The summed E-state index contributed by atoms with van der Waals surface area (Å²) in [5, 5.41) is 0. The maximum atomic E-state index is 2.36. The van der Waals surface area contributed by atoms with Crippen LogP contribution in [-0.2, 0) is 12.8 Å². The zero-order chi connectivity index (χ0) is 14.4. The van der Waals surface area contributed by atoms with Crippen molar-refractivity contribution < 1.29 is 4.58 Å². The van der Waals surface area contributed by atoms with Crippen molar-refractivity contribution in [3.05, 3.63) is 71.4 Å². The van der Waals surface area contributed by atoms with Gasteiger partial charge in [0.05, 0.1) is 6.42 Å². The predicted molar refractivity (Wildman–Crippen MR) is 87.6 cm³/mol. The van der Waals surface area contributed by atoms with Gasteiger partial charge in [0.1, 0.15) is 7.05 Å². The lowest BCUT2D eigenvalue weighted by atomic mass is 10.1. The van der Waals surface area contributed by atoms with Gasteiger partial charge in [-0.3, -0.25) is 0 Å². The number of anilines is 1. The van der Waals surface area contributed by atoms with Gasteiger partial charge in [-0.25, -0.2) is 0 Å². The van der Waals surface area contributed by atoms with Crippen LogP contribution in [0.25, 0.3) is 0 Å². The smallest absolute Gasteiger partial charge is 0.208 e. The first-order chi connectivity index (χ1) is 10.2. The largest absolute Gasteiger partial charge is 0.347 e. The molecule has 0 amide bonds. The van der Waals surface area contributed by atoms with E-state index in [4.69, 9.17) is 0 Å². The minimum absolute atomic E-state index is 1.03. The molecule has 0 atom stereocenters. The molecule has 0 bridgehead atoms. The van der Waals surface area contributed by atoms with E-state index in [-0.39, 0.29) is 0 Å². The average molecular weight is 275 g/mol. The molecule has 21 heavy (non-hydrogen) atoms. The highest BCUT2D eigenvalue weighted by Crippen LogP contribution is 2.33. The Morgan fingerprint density at radius 3 is 2.43 bits per heavy atom. The molecule has 2 nitrogen and oxygen atoms in total. The van der Waals surface area contributed by atoms with Crippen LogP contribution in [0.4, 0.5) is 11.4 Å². The topological polar surface area (TPSA) is 6.25 Å². The minimum atomic E-state index is 1.03. The number of hydrogen-bond acceptors (Lipinski definition) is 1. The molecule has 0 saturated heterocycles. The average Bonchev–Trinajstić information content (AvgIpc) is 2.99. The van der Waals surface area contributed by atoms with Crippen LogP contribution in [0.15, 0.2) is 60.3 Å². The van der Waals surface area contributed by atoms with Crippen molar-refractivity contribution in [3.8, 4) is 0 Å². The van der Waals surface area contributed by atoms with Crippen molar-refractivity contribution in [1.82, 2.24) is 0 Å². The summed E-state index contributed by atoms with van der Waals surface area (Å²) < 4.78 is 2.32. The third-order valence-corrected chi connectivity index (χ3v) is 4.64. The molecule has 2 aromatic carbocycles. The molecule has 4 rings (SSSR count). The van der Waals surface area contributed by atoms with E-state index in [1.807, 2.05) is 0 Å². The molecule has 2 heteroatoms. The Morgan fingerprint density at radius 1 is 0.952 bits per heavy atom. The fourth-order valence-electron chi connectivity index (χ4n) is 3.40. The van der Waals surface area contributed by atoms with Gasteiger partial charge in [0.15, 0.2) is 5.71 Å². The van der Waals surface area contributed by atoms with E-state index in [0.717, 1.165) is 12.8 Å². The number of nitrogens with zero attached hydrogens (tertiary/aromatic N) is 2. The summed E-state index contributed by atoms with van der Waals surface area (Å²) in [5.74, 6) is 0. The molecule has 0 unspecified atom stereocenters. The van der Waals surface area contributed by atoms with Crippen molar-refractivity contribution in [2.24, 2.45) is 0 Å². The van der Waals surface area contributed by atoms with Crippen molar-refractivity contribution in [3.63, 3.8) is 0 Å². The monoisotopic (exact) mass is 275 g/mol. The Bertz CT molecular complexity index is 784. The molecule has 0 aromatic heterocycles. The summed E-state index contributed by atoms with van der Waals surface area (Å²) >= 11 is 0. The molecule has 104 valence electrons. The first kappa shape index (κ1) is 12.4. The van der Waals surface area contributed by atoms with Crippen LogP contribution in [0.5, 0.6) is 0 Å². The summed E-state index contributed by atoms with van der Waals surface area (Å²) in [6, 6.07) is 17.3. The van der Waals surface area contributed by atoms with Crippen molar-refractivity contribution in [2.75, 3.05) is 19.0 Å². The zero-order valence-electron chi connectivity index (χ0n) is 12.5. The van der Waals surface area contributed by atoms with E-state index in [1.54, 1.807) is 0 Å². The molecule has 0 fully saturated rings. The van der Waals surface area contributed by atoms with Crippen LogP contribution in [0, 0.1) is 0 Å². The van der Waals surface area contributed by atoms with Gasteiger partial charge >= 0.3 is 0 Å². The van der Waals surface area contributed by atoms with Gasteiger partial charge in [0, 0.05) is 42.6 Å². The molecule has 0 spiro atoms. The van der Waals surface area contributed by atoms with E-state index >= 15 is 0 Å². The summed E-state index contributed by atoms with van der Waals surface area (Å²) in [6.07, 6.45) is 4.42. The molecule has 0 aliphatic carbocycles. The molecule has 0 radical (unpaired) electrons. The van der Waals surface area contributed by atoms with Gasteiger partial charge in [-0.15, -0.1) is 0 Å². The number of rotatable bonds is 1. The molecule has 2 aliphatic heterocycles. The van der Waals surface area contributed by atoms with Gasteiger partial charge in [-0.1, -0.05) is 36.4 Å². The molecule has 2 aliphatic rings. The van der Waals surface area contributed by atoms with Crippen molar-refractivity contribution in [1.29, 1.82) is 0 Å². The second-order valence-corrected chi connectivity index (χ2v) is 5.86. The first-order valence-corrected chi connectivity index (χ1v) is 7.44. The van der Waals surface area contributed by atoms with E-state index in [9.17, 15) is 0 Å². The fraction of sp³-hybridized carbons (Fsp3) is 0.211. The molecule has 2 aromatic rings. The van der Waals surface area contributed by atoms with Crippen LogP contribution < -0.4 is 4.90 Å². The van der Waals surface area contributed by atoms with E-state index < -0.39 is 0 Å². The predicted octanol–water partition coefficient (Wildman–Crippen LogP) is 3.53. The Balaban J connectivity index is 1.71. The highest BCUT2D eigenvalue weighted by molar-refractivity contribution is 5.97. The second-order valence-electron chi connectivity index (χ2n) is 5.86. The van der Waals surface area contributed by atoms with Crippen molar-refractivity contribution >= 4 is 17.1 Å². The number of fused-ring (bicyclic) bond motifs is 2. The maximum Gasteiger partial charge on any atom is 0.208 e. The van der Waals surface area contributed by atoms with Crippen LogP contribution in [0.1, 0.15) is 11.1 Å². The summed E-state index contributed by atoms with van der Waals surface area (Å²) in [4.78, 5) is 2.32. The summed E-state index contributed by atoms with van der Waals surface area (Å²) in [5.41, 5.74) is 8.27. The highest BCUT2D eigenvalue weighted by atomic mass is 15.1. The minimum Gasteiger partial charge on any atom is -0.347 e. The van der Waals surface area contributed by atoms with Gasteiger partial charge < -0.3 is 4.90 Å². The number of para-hydroxylation sites is 2. The molecule has 2 heterocycles. The number of likely N-dealkylation sites (N-methyl/N-ethyl adjacent to an activating group) is 1. The summed E-state index contributed by atoms with van der Waals surface area (Å²) in [7, 11) is 4.33. The number of hydrogen-bond donors (Lipinski definition) is 0. The first-order valence-electron chi connectivity index (χ1n) is 7.44. The van der Waals surface area contributed by atoms with Crippen LogP contribution in [0.2, 0.25) is 0 Å².